The molecule has 1 aromatic carbocycles. The number of rotatable bonds is 4. The fraction of sp³-hybridized carbons (Fsp3) is 0.375. The van der Waals surface area contributed by atoms with Gasteiger partial charge in [0.25, 0.3) is 0 Å². The predicted octanol–water partition coefficient (Wildman–Crippen LogP) is 2.75. The van der Waals surface area contributed by atoms with Gasteiger partial charge in [0.15, 0.2) is 0 Å². The SMILES string of the molecule is Cc1ccc(C)c(CC(=O)N[C@H](C)c2ncc(C)[nH]2)c1. The van der Waals surface area contributed by atoms with Crippen LogP contribution in [0.1, 0.15) is 41.2 Å². The number of aromatic nitrogens is 2. The highest BCUT2D eigenvalue weighted by Gasteiger charge is 2.13. The molecule has 0 fully saturated rings. The van der Waals surface area contributed by atoms with Gasteiger partial charge >= 0.3 is 0 Å². The van der Waals surface area contributed by atoms with E-state index in [2.05, 4.69) is 33.5 Å². The van der Waals surface area contributed by atoms with Crippen LogP contribution < -0.4 is 5.32 Å². The Morgan fingerprint density at radius 2 is 2.10 bits per heavy atom. The Morgan fingerprint density at radius 3 is 2.75 bits per heavy atom. The van der Waals surface area contributed by atoms with Gasteiger partial charge in [0.2, 0.25) is 5.91 Å². The molecule has 2 rings (SSSR count). The molecule has 1 aromatic heterocycles. The standard InChI is InChI=1S/C16H21N3O/c1-10-5-6-11(2)14(7-10)8-15(20)19-13(4)16-17-9-12(3)18-16/h5-7,9,13H,8H2,1-4H3,(H,17,18)(H,19,20)/t13-/m1/s1. The number of nitrogens with zero attached hydrogens (tertiary/aromatic N) is 1. The summed E-state index contributed by atoms with van der Waals surface area (Å²) < 4.78 is 0. The number of carbonyl (C=O) groups is 1. The average Bonchev–Trinajstić information content (AvgIpc) is 2.80. The highest BCUT2D eigenvalue weighted by atomic mass is 16.1. The van der Waals surface area contributed by atoms with E-state index in [4.69, 9.17) is 0 Å². The highest BCUT2D eigenvalue weighted by Crippen LogP contribution is 2.13. The molecular weight excluding hydrogens is 250 g/mol. The molecule has 0 unspecified atom stereocenters. The molecule has 0 bridgehead atoms. The Morgan fingerprint density at radius 1 is 1.35 bits per heavy atom. The maximum absolute atomic E-state index is 12.1. The zero-order valence-electron chi connectivity index (χ0n) is 12.4. The van der Waals surface area contributed by atoms with Crippen LogP contribution >= 0.6 is 0 Å². The third kappa shape index (κ3) is 3.47. The fourth-order valence-corrected chi connectivity index (χ4v) is 2.18. The molecule has 106 valence electrons. The Bertz CT molecular complexity index is 616. The molecule has 0 saturated carbocycles. The molecule has 0 radical (unpaired) electrons. The van der Waals surface area contributed by atoms with Crippen molar-refractivity contribution < 1.29 is 4.79 Å². The van der Waals surface area contributed by atoms with Crippen molar-refractivity contribution in [2.24, 2.45) is 0 Å². The highest BCUT2D eigenvalue weighted by molar-refractivity contribution is 5.79. The number of aryl methyl sites for hydroxylation is 3. The maximum atomic E-state index is 12.1. The largest absolute Gasteiger partial charge is 0.346 e. The number of carbonyl (C=O) groups excluding carboxylic acids is 1. The number of hydrogen-bond donors (Lipinski definition) is 2. The zero-order valence-corrected chi connectivity index (χ0v) is 12.4. The summed E-state index contributed by atoms with van der Waals surface area (Å²) >= 11 is 0. The van der Waals surface area contributed by atoms with Crippen molar-refractivity contribution in [2.75, 3.05) is 0 Å². The van der Waals surface area contributed by atoms with Gasteiger partial charge in [-0.25, -0.2) is 4.98 Å². The van der Waals surface area contributed by atoms with Gasteiger partial charge < -0.3 is 10.3 Å². The lowest BCUT2D eigenvalue weighted by Crippen LogP contribution is -2.29. The summed E-state index contributed by atoms with van der Waals surface area (Å²) in [6.07, 6.45) is 2.17. The van der Waals surface area contributed by atoms with Crippen molar-refractivity contribution in [3.63, 3.8) is 0 Å². The van der Waals surface area contributed by atoms with Gasteiger partial charge in [-0.3, -0.25) is 4.79 Å². The number of benzene rings is 1. The van der Waals surface area contributed by atoms with Crippen LogP contribution in [0.5, 0.6) is 0 Å². The van der Waals surface area contributed by atoms with E-state index in [1.807, 2.05) is 27.7 Å². The van der Waals surface area contributed by atoms with Crippen LogP contribution in [0.15, 0.2) is 24.4 Å². The van der Waals surface area contributed by atoms with Crippen LogP contribution in [0, 0.1) is 20.8 Å². The molecule has 0 aliphatic heterocycles. The van der Waals surface area contributed by atoms with Crippen LogP contribution in [0.3, 0.4) is 0 Å². The maximum Gasteiger partial charge on any atom is 0.225 e. The topological polar surface area (TPSA) is 57.8 Å². The lowest BCUT2D eigenvalue weighted by molar-refractivity contribution is -0.121. The first-order valence-corrected chi connectivity index (χ1v) is 6.82. The molecule has 4 heteroatoms. The Balaban J connectivity index is 2.00. The van der Waals surface area contributed by atoms with E-state index in [0.29, 0.717) is 6.42 Å². The van der Waals surface area contributed by atoms with Crippen molar-refractivity contribution in [2.45, 2.75) is 40.2 Å². The van der Waals surface area contributed by atoms with Crippen molar-refractivity contribution >= 4 is 5.91 Å². The number of aromatic amines is 1. The molecule has 20 heavy (non-hydrogen) atoms. The first-order chi connectivity index (χ1) is 9.45. The van der Waals surface area contributed by atoms with Gasteiger partial charge in [0.05, 0.1) is 12.5 Å². The normalized spacial score (nSPS) is 12.2. The second kappa shape index (κ2) is 5.90. The van der Waals surface area contributed by atoms with Gasteiger partial charge in [-0.1, -0.05) is 23.8 Å². The van der Waals surface area contributed by atoms with Crippen molar-refractivity contribution in [3.8, 4) is 0 Å². The lowest BCUT2D eigenvalue weighted by Gasteiger charge is -2.13. The molecule has 0 aliphatic carbocycles. The molecule has 0 aliphatic rings. The summed E-state index contributed by atoms with van der Waals surface area (Å²) in [5, 5.41) is 2.97. The summed E-state index contributed by atoms with van der Waals surface area (Å²) in [6, 6.07) is 6.07. The third-order valence-electron chi connectivity index (χ3n) is 3.37. The minimum absolute atomic E-state index is 0.0141. The van der Waals surface area contributed by atoms with Gasteiger partial charge in [-0.05, 0) is 38.8 Å². The zero-order chi connectivity index (χ0) is 14.7. The van der Waals surface area contributed by atoms with E-state index in [9.17, 15) is 4.79 Å². The van der Waals surface area contributed by atoms with Crippen LogP contribution in [0.2, 0.25) is 0 Å². The molecule has 0 spiro atoms. The van der Waals surface area contributed by atoms with Gasteiger partial charge in [-0.15, -0.1) is 0 Å². The van der Waals surface area contributed by atoms with Gasteiger partial charge in [-0.2, -0.15) is 0 Å². The molecule has 2 N–H and O–H groups in total. The molecule has 4 nitrogen and oxygen atoms in total. The first-order valence-electron chi connectivity index (χ1n) is 6.82. The second-order valence-electron chi connectivity index (χ2n) is 5.35. The summed E-state index contributed by atoms with van der Waals surface area (Å²) in [5.41, 5.74) is 4.39. The monoisotopic (exact) mass is 271 g/mol. The minimum Gasteiger partial charge on any atom is -0.346 e. The molecular formula is C16H21N3O. The lowest BCUT2D eigenvalue weighted by atomic mass is 10.0. The molecule has 1 amide bonds. The summed E-state index contributed by atoms with van der Waals surface area (Å²) in [6.45, 7) is 7.94. The van der Waals surface area contributed by atoms with E-state index < -0.39 is 0 Å². The molecule has 1 heterocycles. The number of amides is 1. The Kier molecular flexibility index (Phi) is 4.23. The van der Waals surface area contributed by atoms with Crippen LogP contribution in [0.4, 0.5) is 0 Å². The first kappa shape index (κ1) is 14.3. The minimum atomic E-state index is -0.110. The van der Waals surface area contributed by atoms with Crippen molar-refractivity contribution in [3.05, 3.63) is 52.6 Å². The number of nitrogens with one attached hydrogen (secondary N) is 2. The van der Waals surface area contributed by atoms with Gasteiger partial charge in [0.1, 0.15) is 5.82 Å². The summed E-state index contributed by atoms with van der Waals surface area (Å²) in [5.74, 6) is 0.803. The van der Waals surface area contributed by atoms with E-state index in [1.54, 1.807) is 6.20 Å². The number of imidazole rings is 1. The third-order valence-corrected chi connectivity index (χ3v) is 3.37. The van der Waals surface area contributed by atoms with Crippen LogP contribution in [-0.4, -0.2) is 15.9 Å². The summed E-state index contributed by atoms with van der Waals surface area (Å²) in [7, 11) is 0. The van der Waals surface area contributed by atoms with Crippen LogP contribution in [-0.2, 0) is 11.2 Å². The molecule has 2 aromatic rings. The van der Waals surface area contributed by atoms with Gasteiger partial charge in [0, 0.05) is 11.9 Å². The molecule has 1 atom stereocenters. The average molecular weight is 271 g/mol. The molecule has 0 saturated heterocycles. The van der Waals surface area contributed by atoms with Crippen LogP contribution in [0.25, 0.3) is 0 Å². The number of H-pyrrole nitrogens is 1. The second-order valence-corrected chi connectivity index (χ2v) is 5.35. The van der Waals surface area contributed by atoms with Crippen molar-refractivity contribution in [1.29, 1.82) is 0 Å². The smallest absolute Gasteiger partial charge is 0.225 e. The quantitative estimate of drug-likeness (QED) is 0.898. The van der Waals surface area contributed by atoms with E-state index in [0.717, 1.165) is 22.6 Å². The Labute approximate surface area is 119 Å². The van der Waals surface area contributed by atoms with E-state index in [1.165, 1.54) is 5.56 Å². The predicted molar refractivity (Wildman–Crippen MR) is 79.5 cm³/mol. The number of hydrogen-bond acceptors (Lipinski definition) is 2. The Hall–Kier alpha value is -2.10. The van der Waals surface area contributed by atoms with E-state index in [-0.39, 0.29) is 11.9 Å². The summed E-state index contributed by atoms with van der Waals surface area (Å²) in [4.78, 5) is 19.5. The fourth-order valence-electron chi connectivity index (χ4n) is 2.18. The van der Waals surface area contributed by atoms with Crippen molar-refractivity contribution in [1.82, 2.24) is 15.3 Å². The van der Waals surface area contributed by atoms with E-state index >= 15 is 0 Å².